The molecule has 1 saturated carbocycles. The molecule has 0 spiro atoms. The van der Waals surface area contributed by atoms with Gasteiger partial charge in [-0.05, 0) is 59.3 Å². The van der Waals surface area contributed by atoms with Crippen molar-refractivity contribution in [2.24, 2.45) is 11.8 Å². The average molecular weight is 269 g/mol. The van der Waals surface area contributed by atoms with E-state index in [9.17, 15) is 0 Å². The van der Waals surface area contributed by atoms with Crippen molar-refractivity contribution in [1.29, 1.82) is 0 Å². The van der Waals surface area contributed by atoms with Crippen molar-refractivity contribution in [2.45, 2.75) is 26.3 Å². The number of rotatable bonds is 5. The summed E-state index contributed by atoms with van der Waals surface area (Å²) in [6.07, 6.45) is 4.71. The van der Waals surface area contributed by atoms with Crippen LogP contribution in [-0.4, -0.2) is 11.5 Å². The highest BCUT2D eigenvalue weighted by molar-refractivity contribution is 9.10. The van der Waals surface area contributed by atoms with Gasteiger partial charge >= 0.3 is 0 Å². The van der Waals surface area contributed by atoms with Crippen LogP contribution in [-0.2, 0) is 6.54 Å². The second kappa shape index (κ2) is 5.08. The van der Waals surface area contributed by atoms with Gasteiger partial charge in [-0.15, -0.1) is 0 Å². The van der Waals surface area contributed by atoms with Gasteiger partial charge in [-0.25, -0.2) is 0 Å². The molecule has 0 radical (unpaired) electrons. The maximum Gasteiger partial charge on any atom is 0.0542 e. The van der Waals surface area contributed by atoms with E-state index in [1.807, 2.05) is 12.3 Å². The van der Waals surface area contributed by atoms with Gasteiger partial charge in [-0.3, -0.25) is 4.98 Å². The van der Waals surface area contributed by atoms with Gasteiger partial charge in [0.05, 0.1) is 5.69 Å². The molecule has 0 aliphatic heterocycles. The quantitative estimate of drug-likeness (QED) is 0.888. The van der Waals surface area contributed by atoms with Crippen LogP contribution in [0.4, 0.5) is 0 Å². The minimum Gasteiger partial charge on any atom is -0.311 e. The second-order valence-electron chi connectivity index (χ2n) is 4.41. The maximum atomic E-state index is 4.33. The molecule has 0 aromatic carbocycles. The molecule has 1 fully saturated rings. The summed E-state index contributed by atoms with van der Waals surface area (Å²) < 4.78 is 1.04. The molecule has 2 nitrogen and oxygen atoms in total. The molecule has 1 unspecified atom stereocenters. The predicted octanol–water partition coefficient (Wildman–Crippen LogP) is 2.98. The van der Waals surface area contributed by atoms with Crippen molar-refractivity contribution in [2.75, 3.05) is 6.54 Å². The fraction of sp³-hybridized carbons (Fsp3) is 0.583. The van der Waals surface area contributed by atoms with Crippen LogP contribution in [0.5, 0.6) is 0 Å². The zero-order valence-electron chi connectivity index (χ0n) is 9.04. The van der Waals surface area contributed by atoms with E-state index < -0.39 is 0 Å². The van der Waals surface area contributed by atoms with Crippen LogP contribution in [0, 0.1) is 11.8 Å². The van der Waals surface area contributed by atoms with Gasteiger partial charge in [0.15, 0.2) is 0 Å². The number of pyridine rings is 1. The van der Waals surface area contributed by atoms with E-state index in [0.29, 0.717) is 0 Å². The molecule has 1 aromatic heterocycles. The highest BCUT2D eigenvalue weighted by Crippen LogP contribution is 2.36. The Balaban J connectivity index is 1.70. The minimum atomic E-state index is 0.820. The van der Waals surface area contributed by atoms with E-state index in [2.05, 4.69) is 39.2 Å². The third-order valence-corrected chi connectivity index (χ3v) is 3.46. The molecule has 1 aliphatic rings. The first kappa shape index (κ1) is 11.1. The lowest BCUT2D eigenvalue weighted by molar-refractivity contribution is 0.460. The molecule has 0 saturated heterocycles. The summed E-state index contributed by atoms with van der Waals surface area (Å²) in [5.74, 6) is 1.80. The Hall–Kier alpha value is -0.410. The van der Waals surface area contributed by atoms with Gasteiger partial charge in [0, 0.05) is 17.2 Å². The predicted molar refractivity (Wildman–Crippen MR) is 65.5 cm³/mol. The van der Waals surface area contributed by atoms with Gasteiger partial charge in [0.2, 0.25) is 0 Å². The number of hydrogen-bond acceptors (Lipinski definition) is 2. The van der Waals surface area contributed by atoms with Crippen LogP contribution < -0.4 is 5.32 Å². The largest absolute Gasteiger partial charge is 0.311 e. The van der Waals surface area contributed by atoms with E-state index in [4.69, 9.17) is 0 Å². The van der Waals surface area contributed by atoms with Gasteiger partial charge in [-0.1, -0.05) is 6.92 Å². The van der Waals surface area contributed by atoms with E-state index >= 15 is 0 Å². The summed E-state index contributed by atoms with van der Waals surface area (Å²) in [7, 11) is 0. The Morgan fingerprint density at radius 1 is 1.53 bits per heavy atom. The van der Waals surface area contributed by atoms with Crippen LogP contribution in [0.3, 0.4) is 0 Å². The Labute approximate surface area is 99.6 Å². The topological polar surface area (TPSA) is 24.9 Å². The molecule has 0 bridgehead atoms. The van der Waals surface area contributed by atoms with E-state index in [0.717, 1.165) is 35.1 Å². The molecule has 3 heteroatoms. The summed E-state index contributed by atoms with van der Waals surface area (Å²) in [5, 5.41) is 3.46. The van der Waals surface area contributed by atoms with Crippen LogP contribution >= 0.6 is 15.9 Å². The lowest BCUT2D eigenvalue weighted by atomic mass is 10.1. The van der Waals surface area contributed by atoms with E-state index in [1.165, 1.54) is 12.8 Å². The SMILES string of the molecule is CC(CNCc1ccc(Br)cn1)C1CC1. The first-order valence-electron chi connectivity index (χ1n) is 5.57. The normalized spacial score (nSPS) is 17.7. The van der Waals surface area contributed by atoms with Crippen molar-refractivity contribution >= 4 is 15.9 Å². The lowest BCUT2D eigenvalue weighted by Gasteiger charge is -2.10. The highest BCUT2D eigenvalue weighted by Gasteiger charge is 2.27. The van der Waals surface area contributed by atoms with E-state index in [-0.39, 0.29) is 0 Å². The molecule has 82 valence electrons. The lowest BCUT2D eigenvalue weighted by Crippen LogP contribution is -2.22. The summed E-state index contributed by atoms with van der Waals surface area (Å²) in [4.78, 5) is 4.33. The fourth-order valence-corrected chi connectivity index (χ4v) is 2.01. The highest BCUT2D eigenvalue weighted by atomic mass is 79.9. The van der Waals surface area contributed by atoms with Crippen LogP contribution in [0.2, 0.25) is 0 Å². The van der Waals surface area contributed by atoms with Crippen LogP contribution in [0.1, 0.15) is 25.5 Å². The average Bonchev–Trinajstić information content (AvgIpc) is 3.04. The van der Waals surface area contributed by atoms with Crippen molar-refractivity contribution < 1.29 is 0 Å². The zero-order chi connectivity index (χ0) is 10.7. The maximum absolute atomic E-state index is 4.33. The third kappa shape index (κ3) is 3.58. The number of halogens is 1. The second-order valence-corrected chi connectivity index (χ2v) is 5.33. The molecule has 1 aromatic rings. The standard InChI is InChI=1S/C12H17BrN2/c1-9(10-2-3-10)6-14-8-12-5-4-11(13)7-15-12/h4-5,7,9-10,14H,2-3,6,8H2,1H3. The number of hydrogen-bond donors (Lipinski definition) is 1. The molecule has 1 N–H and O–H groups in total. The number of nitrogens with zero attached hydrogens (tertiary/aromatic N) is 1. The smallest absolute Gasteiger partial charge is 0.0542 e. The van der Waals surface area contributed by atoms with Gasteiger partial charge in [-0.2, -0.15) is 0 Å². The van der Waals surface area contributed by atoms with Gasteiger partial charge in [0.25, 0.3) is 0 Å². The Morgan fingerprint density at radius 3 is 2.93 bits per heavy atom. The number of nitrogens with one attached hydrogen (secondary N) is 1. The Morgan fingerprint density at radius 2 is 2.33 bits per heavy atom. The molecule has 15 heavy (non-hydrogen) atoms. The van der Waals surface area contributed by atoms with Crippen LogP contribution in [0.15, 0.2) is 22.8 Å². The van der Waals surface area contributed by atoms with E-state index in [1.54, 1.807) is 0 Å². The zero-order valence-corrected chi connectivity index (χ0v) is 10.6. The molecule has 2 rings (SSSR count). The van der Waals surface area contributed by atoms with Crippen molar-refractivity contribution in [3.05, 3.63) is 28.5 Å². The first-order valence-corrected chi connectivity index (χ1v) is 6.36. The van der Waals surface area contributed by atoms with Crippen molar-refractivity contribution in [3.63, 3.8) is 0 Å². The molecule has 0 amide bonds. The third-order valence-electron chi connectivity index (χ3n) is 2.99. The summed E-state index contributed by atoms with van der Waals surface area (Å²) in [5.41, 5.74) is 1.11. The molecular formula is C12H17BrN2. The minimum absolute atomic E-state index is 0.820. The van der Waals surface area contributed by atoms with Gasteiger partial charge < -0.3 is 5.32 Å². The Kier molecular flexibility index (Phi) is 3.76. The molecule has 1 heterocycles. The first-order chi connectivity index (χ1) is 7.25. The van der Waals surface area contributed by atoms with Crippen molar-refractivity contribution in [3.8, 4) is 0 Å². The Bertz CT molecular complexity index is 306. The van der Waals surface area contributed by atoms with Crippen LogP contribution in [0.25, 0.3) is 0 Å². The van der Waals surface area contributed by atoms with Gasteiger partial charge in [0.1, 0.15) is 0 Å². The summed E-state index contributed by atoms with van der Waals surface area (Å²) in [6.45, 7) is 4.33. The van der Waals surface area contributed by atoms with Crippen molar-refractivity contribution in [1.82, 2.24) is 10.3 Å². The molecular weight excluding hydrogens is 252 g/mol. The monoisotopic (exact) mass is 268 g/mol. The summed E-state index contributed by atoms with van der Waals surface area (Å²) in [6, 6.07) is 4.09. The fourth-order valence-electron chi connectivity index (χ4n) is 1.77. The molecule has 1 atom stereocenters. The summed E-state index contributed by atoms with van der Waals surface area (Å²) >= 11 is 3.38. The molecule has 1 aliphatic carbocycles. The number of aromatic nitrogens is 1.